The van der Waals surface area contributed by atoms with Gasteiger partial charge in [0.25, 0.3) is 11.4 Å². The molecular formula is C31H33N5O3. The summed E-state index contributed by atoms with van der Waals surface area (Å²) in [7, 11) is 1.73. The molecule has 0 saturated carbocycles. The van der Waals surface area contributed by atoms with E-state index in [1.54, 1.807) is 29.8 Å². The Hall–Kier alpha value is -4.03. The summed E-state index contributed by atoms with van der Waals surface area (Å²) in [6.07, 6.45) is 0. The van der Waals surface area contributed by atoms with Gasteiger partial charge in [-0.3, -0.25) is 9.69 Å². The number of hydrogen-bond donors (Lipinski definition) is 2. The van der Waals surface area contributed by atoms with Crippen molar-refractivity contribution in [2.75, 3.05) is 18.0 Å². The van der Waals surface area contributed by atoms with Crippen LogP contribution in [0.3, 0.4) is 0 Å². The number of hydrogen-bond acceptors (Lipinski definition) is 6. The van der Waals surface area contributed by atoms with E-state index in [4.69, 9.17) is 6.57 Å². The first kappa shape index (κ1) is 26.6. The van der Waals surface area contributed by atoms with Gasteiger partial charge in [-0.25, -0.2) is 0 Å². The van der Waals surface area contributed by atoms with E-state index in [-0.39, 0.29) is 36.9 Å². The third-order valence-electron chi connectivity index (χ3n) is 7.80. The van der Waals surface area contributed by atoms with E-state index in [0.717, 1.165) is 34.5 Å². The zero-order chi connectivity index (χ0) is 27.7. The molecule has 39 heavy (non-hydrogen) atoms. The number of nitrogens with zero attached hydrogens (tertiary/aromatic N) is 5. The van der Waals surface area contributed by atoms with E-state index in [1.807, 2.05) is 24.3 Å². The van der Waals surface area contributed by atoms with E-state index >= 15 is 0 Å². The second-order valence-electron chi connectivity index (χ2n) is 10.3. The molecule has 1 aliphatic rings. The van der Waals surface area contributed by atoms with Crippen LogP contribution in [0, 0.1) is 6.57 Å². The molecule has 2 N–H and O–H groups in total. The molecule has 5 rings (SSSR count). The summed E-state index contributed by atoms with van der Waals surface area (Å²) in [5.41, 5.74) is 5.99. The van der Waals surface area contributed by atoms with Crippen molar-refractivity contribution in [1.82, 2.24) is 14.5 Å². The van der Waals surface area contributed by atoms with Crippen molar-refractivity contribution in [3.8, 4) is 0 Å². The van der Waals surface area contributed by atoms with Crippen molar-refractivity contribution < 1.29 is 10.2 Å². The van der Waals surface area contributed by atoms with Gasteiger partial charge in [-0.1, -0.05) is 55.1 Å². The van der Waals surface area contributed by atoms with Crippen LogP contribution >= 0.6 is 0 Å². The number of aliphatic hydroxyl groups is 2. The van der Waals surface area contributed by atoms with Gasteiger partial charge in [0.1, 0.15) is 0 Å². The maximum absolute atomic E-state index is 12.9. The van der Waals surface area contributed by atoms with E-state index in [0.29, 0.717) is 23.4 Å². The molecule has 8 heteroatoms. The van der Waals surface area contributed by atoms with Crippen molar-refractivity contribution in [2.24, 2.45) is 7.05 Å². The number of pyridine rings is 2. The van der Waals surface area contributed by atoms with Gasteiger partial charge in [-0.15, -0.1) is 4.98 Å². The molecule has 1 saturated heterocycles. The number of benzene rings is 2. The van der Waals surface area contributed by atoms with Crippen molar-refractivity contribution in [1.29, 1.82) is 0 Å². The van der Waals surface area contributed by atoms with Crippen molar-refractivity contribution in [3.05, 3.63) is 111 Å². The minimum Gasteiger partial charge on any atom is -0.392 e. The van der Waals surface area contributed by atoms with Crippen LogP contribution in [-0.2, 0) is 20.3 Å². The number of piperazine rings is 1. The highest BCUT2D eigenvalue weighted by Crippen LogP contribution is 2.36. The van der Waals surface area contributed by atoms with E-state index in [1.165, 1.54) is 0 Å². The topological polar surface area (TPSA) is 86.2 Å². The van der Waals surface area contributed by atoms with Crippen LogP contribution in [0.2, 0.25) is 0 Å². The predicted molar refractivity (Wildman–Crippen MR) is 153 cm³/mol. The number of aliphatic hydroxyl groups excluding tert-OH is 2. The Morgan fingerprint density at radius 3 is 2.05 bits per heavy atom. The molecule has 0 unspecified atom stereocenters. The maximum atomic E-state index is 12.9. The molecular weight excluding hydrogens is 490 g/mol. The normalized spacial score (nSPS) is 18.0. The first-order valence-electron chi connectivity index (χ1n) is 13.1. The molecule has 3 heterocycles. The Balaban J connectivity index is 1.54. The Bertz CT molecular complexity index is 1530. The highest BCUT2D eigenvalue weighted by Gasteiger charge is 2.36. The van der Waals surface area contributed by atoms with Crippen molar-refractivity contribution in [2.45, 2.75) is 45.2 Å². The lowest BCUT2D eigenvalue weighted by Gasteiger charge is -2.48. The van der Waals surface area contributed by atoms with Crippen LogP contribution in [0.4, 0.5) is 11.5 Å². The fourth-order valence-corrected chi connectivity index (χ4v) is 5.62. The summed E-state index contributed by atoms with van der Waals surface area (Å²) < 4.78 is 1.58. The summed E-state index contributed by atoms with van der Waals surface area (Å²) in [4.78, 5) is 25.7. The zero-order valence-corrected chi connectivity index (χ0v) is 22.5. The molecule has 0 radical (unpaired) electrons. The fourth-order valence-electron chi connectivity index (χ4n) is 5.62. The van der Waals surface area contributed by atoms with Crippen LogP contribution in [0.15, 0.2) is 71.5 Å². The maximum Gasteiger partial charge on any atom is 0.270 e. The summed E-state index contributed by atoms with van der Waals surface area (Å²) >= 11 is 0. The molecule has 200 valence electrons. The smallest absolute Gasteiger partial charge is 0.270 e. The molecule has 1 aliphatic heterocycles. The van der Waals surface area contributed by atoms with Crippen molar-refractivity contribution >= 4 is 22.5 Å². The van der Waals surface area contributed by atoms with Gasteiger partial charge in [0, 0.05) is 38.3 Å². The molecule has 0 bridgehead atoms. The van der Waals surface area contributed by atoms with Gasteiger partial charge in [-0.05, 0) is 48.2 Å². The van der Waals surface area contributed by atoms with Crippen molar-refractivity contribution in [3.63, 3.8) is 0 Å². The molecule has 8 nitrogen and oxygen atoms in total. The van der Waals surface area contributed by atoms with Gasteiger partial charge in [0.15, 0.2) is 0 Å². The summed E-state index contributed by atoms with van der Waals surface area (Å²) in [5, 5.41) is 19.1. The fraction of sp³-hybridized carbons (Fsp3) is 0.323. The minimum absolute atomic E-state index is 0.00397. The van der Waals surface area contributed by atoms with Crippen LogP contribution in [0.5, 0.6) is 0 Å². The monoisotopic (exact) mass is 523 g/mol. The zero-order valence-electron chi connectivity index (χ0n) is 22.5. The molecule has 0 amide bonds. The number of aromatic nitrogens is 2. The Labute approximate surface area is 228 Å². The lowest BCUT2D eigenvalue weighted by Crippen LogP contribution is -2.57. The summed E-state index contributed by atoms with van der Waals surface area (Å²) in [6, 6.07) is 21.4. The Morgan fingerprint density at radius 2 is 1.51 bits per heavy atom. The number of anilines is 1. The highest BCUT2D eigenvalue weighted by atomic mass is 16.3. The lowest BCUT2D eigenvalue weighted by molar-refractivity contribution is 0.130. The van der Waals surface area contributed by atoms with E-state index < -0.39 is 0 Å². The standard InChI is InChI=1S/C31H33N5O3/c1-20-17-36(31(24-9-5-22(18-37)6-10-24)25-11-7-23(19-38)8-12-25)21(2)16-35(20)27-15-29(39)34(4)26-13-14-28(32-3)33-30(26)27/h5-15,20-21,31,37-38H,16-19H2,1-2,4H3/t20-,21+/m0/s1. The minimum atomic E-state index is -0.108. The van der Waals surface area contributed by atoms with Gasteiger partial charge >= 0.3 is 0 Å². The lowest BCUT2D eigenvalue weighted by atomic mass is 9.92. The second-order valence-corrected chi connectivity index (χ2v) is 10.3. The third-order valence-corrected chi connectivity index (χ3v) is 7.80. The van der Waals surface area contributed by atoms with E-state index in [2.05, 4.69) is 57.7 Å². The first-order chi connectivity index (χ1) is 18.8. The molecule has 2 aromatic heterocycles. The molecule has 2 atom stereocenters. The third kappa shape index (κ3) is 5.04. The number of fused-ring (bicyclic) bond motifs is 1. The van der Waals surface area contributed by atoms with E-state index in [9.17, 15) is 15.0 Å². The summed E-state index contributed by atoms with van der Waals surface area (Å²) in [5.74, 6) is 0.305. The number of aryl methyl sites for hydroxylation is 1. The van der Waals surface area contributed by atoms with Gasteiger partial charge in [-0.2, -0.15) is 0 Å². The van der Waals surface area contributed by atoms with Crippen LogP contribution < -0.4 is 10.5 Å². The van der Waals surface area contributed by atoms with Gasteiger partial charge in [0.05, 0.1) is 30.5 Å². The SMILES string of the molecule is [C-]#[N+]c1ccc2c(n1)c(N1C[C@@H](C)N(C(c3ccc(CO)cc3)c3ccc(CO)cc3)C[C@@H]1C)cc(=O)n2C. The van der Waals surface area contributed by atoms with Crippen LogP contribution in [-0.4, -0.2) is 49.8 Å². The molecule has 0 aliphatic carbocycles. The first-order valence-corrected chi connectivity index (χ1v) is 13.1. The van der Waals surface area contributed by atoms with Gasteiger partial charge in [0.2, 0.25) is 5.52 Å². The average molecular weight is 524 g/mol. The molecule has 0 spiro atoms. The highest BCUT2D eigenvalue weighted by molar-refractivity contribution is 5.89. The average Bonchev–Trinajstić information content (AvgIpc) is 2.97. The molecule has 4 aromatic rings. The second kappa shape index (κ2) is 11.0. The van der Waals surface area contributed by atoms with Crippen LogP contribution in [0.25, 0.3) is 15.9 Å². The summed E-state index contributed by atoms with van der Waals surface area (Å²) in [6.45, 7) is 13.2. The predicted octanol–water partition coefficient (Wildman–Crippen LogP) is 4.16. The van der Waals surface area contributed by atoms with Crippen LogP contribution in [0.1, 0.15) is 42.1 Å². The van der Waals surface area contributed by atoms with Gasteiger partial charge < -0.3 is 24.5 Å². The Morgan fingerprint density at radius 1 is 0.923 bits per heavy atom. The Kier molecular flexibility index (Phi) is 7.49. The largest absolute Gasteiger partial charge is 0.392 e. The molecule has 1 fully saturated rings. The molecule has 2 aromatic carbocycles. The quantitative estimate of drug-likeness (QED) is 0.369. The number of rotatable bonds is 6.